The Morgan fingerprint density at radius 2 is 1.97 bits per heavy atom. The minimum Gasteiger partial charge on any atom is -0.495 e. The van der Waals surface area contributed by atoms with Crippen molar-refractivity contribution in [2.45, 2.75) is 19.4 Å². The van der Waals surface area contributed by atoms with E-state index in [9.17, 15) is 4.79 Å². The third kappa shape index (κ3) is 4.39. The normalized spacial score (nSPS) is 14.2. The average Bonchev–Trinajstić information content (AvgIpc) is 3.28. The zero-order valence-electron chi connectivity index (χ0n) is 17.3. The van der Waals surface area contributed by atoms with E-state index in [-0.39, 0.29) is 5.78 Å². The maximum Gasteiger partial charge on any atom is 0.189 e. The average molecular weight is 436 g/mol. The molecule has 0 radical (unpaired) electrons. The number of carbonyl (C=O) groups excluding carboxylic acids is 1. The van der Waals surface area contributed by atoms with E-state index >= 15 is 0 Å². The fourth-order valence-corrected chi connectivity index (χ4v) is 3.80. The van der Waals surface area contributed by atoms with Crippen LogP contribution in [0.4, 0.5) is 5.69 Å². The molecule has 0 aliphatic carbocycles. The first-order valence-corrected chi connectivity index (χ1v) is 10.3. The van der Waals surface area contributed by atoms with Gasteiger partial charge in [-0.1, -0.05) is 35.9 Å². The van der Waals surface area contributed by atoms with Crippen molar-refractivity contribution in [3.63, 3.8) is 0 Å². The molecule has 0 bridgehead atoms. The molecule has 0 fully saturated rings. The smallest absolute Gasteiger partial charge is 0.189 e. The first-order chi connectivity index (χ1) is 15.1. The summed E-state index contributed by atoms with van der Waals surface area (Å²) in [7, 11) is 1.55. The van der Waals surface area contributed by atoms with Crippen molar-refractivity contribution in [2.24, 2.45) is 0 Å². The number of hydrogen-bond donors (Lipinski definition) is 1. The van der Waals surface area contributed by atoms with Gasteiger partial charge < -0.3 is 14.8 Å². The standard InChI is InChI=1S/C24H22ClN3O3/c1-15-5-3-4-6-18(15)24-19(9-10-31-24)23(29)22(16-12-26-14-27-13-16)28-17-7-8-20(25)21(11-17)30-2/h3-8,11-14,22,28H,9-10H2,1-2H3. The van der Waals surface area contributed by atoms with Crippen molar-refractivity contribution in [3.05, 3.63) is 88.5 Å². The van der Waals surface area contributed by atoms with Crippen LogP contribution in [-0.4, -0.2) is 29.5 Å². The third-order valence-corrected chi connectivity index (χ3v) is 5.51. The van der Waals surface area contributed by atoms with Gasteiger partial charge in [0.05, 0.1) is 18.7 Å². The summed E-state index contributed by atoms with van der Waals surface area (Å²) in [4.78, 5) is 22.0. The highest BCUT2D eigenvalue weighted by Gasteiger charge is 2.31. The molecule has 31 heavy (non-hydrogen) atoms. The van der Waals surface area contributed by atoms with E-state index in [1.165, 1.54) is 6.33 Å². The van der Waals surface area contributed by atoms with Gasteiger partial charge in [0.2, 0.25) is 0 Å². The van der Waals surface area contributed by atoms with Gasteiger partial charge in [-0.3, -0.25) is 4.79 Å². The van der Waals surface area contributed by atoms with Crippen LogP contribution >= 0.6 is 11.6 Å². The van der Waals surface area contributed by atoms with Gasteiger partial charge in [0, 0.05) is 47.3 Å². The number of nitrogens with zero attached hydrogens (tertiary/aromatic N) is 2. The van der Waals surface area contributed by atoms with Gasteiger partial charge in [0.25, 0.3) is 0 Å². The number of Topliss-reactive ketones (excluding diaryl/α,β-unsaturated/α-hetero) is 1. The number of aryl methyl sites for hydroxylation is 1. The number of methoxy groups -OCH3 is 1. The molecule has 1 N–H and O–H groups in total. The highest BCUT2D eigenvalue weighted by atomic mass is 35.5. The van der Waals surface area contributed by atoms with Crippen molar-refractivity contribution in [2.75, 3.05) is 19.0 Å². The minimum atomic E-state index is -0.692. The lowest BCUT2D eigenvalue weighted by Gasteiger charge is -2.20. The predicted molar refractivity (Wildman–Crippen MR) is 120 cm³/mol. The predicted octanol–water partition coefficient (Wildman–Crippen LogP) is 5.00. The zero-order chi connectivity index (χ0) is 21.8. The molecule has 0 amide bonds. The molecule has 1 atom stereocenters. The van der Waals surface area contributed by atoms with Gasteiger partial charge >= 0.3 is 0 Å². The summed E-state index contributed by atoms with van der Waals surface area (Å²) < 4.78 is 11.2. The van der Waals surface area contributed by atoms with Gasteiger partial charge in [0.1, 0.15) is 23.9 Å². The Hall–Kier alpha value is -3.38. The first kappa shape index (κ1) is 20.9. The van der Waals surface area contributed by atoms with Crippen LogP contribution in [0.25, 0.3) is 5.76 Å². The number of rotatable bonds is 7. The highest BCUT2D eigenvalue weighted by molar-refractivity contribution is 6.32. The van der Waals surface area contributed by atoms with Crippen molar-refractivity contribution >= 4 is 28.8 Å². The zero-order valence-corrected chi connectivity index (χ0v) is 18.0. The lowest BCUT2D eigenvalue weighted by atomic mass is 9.94. The van der Waals surface area contributed by atoms with Crippen LogP contribution in [0.2, 0.25) is 5.02 Å². The van der Waals surface area contributed by atoms with Gasteiger partial charge in [-0.05, 0) is 24.6 Å². The number of nitrogens with one attached hydrogen (secondary N) is 1. The van der Waals surface area contributed by atoms with Crippen molar-refractivity contribution in [1.29, 1.82) is 0 Å². The van der Waals surface area contributed by atoms with Crippen LogP contribution in [0.3, 0.4) is 0 Å². The lowest BCUT2D eigenvalue weighted by Crippen LogP contribution is -2.23. The maximum atomic E-state index is 13.8. The van der Waals surface area contributed by atoms with Crippen LogP contribution in [0, 0.1) is 6.92 Å². The molecule has 0 saturated heterocycles. The number of aromatic nitrogens is 2. The number of carbonyl (C=O) groups is 1. The van der Waals surface area contributed by atoms with E-state index in [1.54, 1.807) is 37.7 Å². The number of halogens is 1. The van der Waals surface area contributed by atoms with E-state index in [4.69, 9.17) is 21.1 Å². The molecule has 6 nitrogen and oxygen atoms in total. The van der Waals surface area contributed by atoms with Crippen LogP contribution in [-0.2, 0) is 9.53 Å². The Morgan fingerprint density at radius 1 is 1.19 bits per heavy atom. The molecule has 1 aromatic heterocycles. The van der Waals surface area contributed by atoms with Crippen LogP contribution in [0.1, 0.15) is 29.2 Å². The largest absolute Gasteiger partial charge is 0.495 e. The van der Waals surface area contributed by atoms with Crippen molar-refractivity contribution in [1.82, 2.24) is 9.97 Å². The molecular weight excluding hydrogens is 414 g/mol. The molecule has 158 valence electrons. The van der Waals surface area contributed by atoms with Crippen molar-refractivity contribution < 1.29 is 14.3 Å². The fraction of sp³-hybridized carbons (Fsp3) is 0.208. The molecule has 1 aliphatic rings. The Morgan fingerprint density at radius 3 is 2.71 bits per heavy atom. The number of ether oxygens (including phenoxy) is 2. The second-order valence-corrected chi connectivity index (χ2v) is 7.59. The number of benzene rings is 2. The Balaban J connectivity index is 1.74. The monoisotopic (exact) mass is 435 g/mol. The van der Waals surface area contributed by atoms with E-state index in [0.29, 0.717) is 46.4 Å². The van der Waals surface area contributed by atoms with Crippen LogP contribution < -0.4 is 10.1 Å². The molecule has 4 rings (SSSR count). The summed E-state index contributed by atoms with van der Waals surface area (Å²) in [5, 5.41) is 3.80. The molecular formula is C24H22ClN3O3. The third-order valence-electron chi connectivity index (χ3n) is 5.20. The molecule has 2 heterocycles. The molecule has 7 heteroatoms. The Bertz CT molecular complexity index is 1130. The number of anilines is 1. The van der Waals surface area contributed by atoms with E-state index in [1.807, 2.05) is 31.2 Å². The van der Waals surface area contributed by atoms with Crippen LogP contribution in [0.5, 0.6) is 5.75 Å². The van der Waals surface area contributed by atoms with E-state index < -0.39 is 6.04 Å². The SMILES string of the molecule is COc1cc(NC(C(=O)C2=C(c3ccccc3C)OCC2)c2cncnc2)ccc1Cl. The topological polar surface area (TPSA) is 73.3 Å². The summed E-state index contributed by atoms with van der Waals surface area (Å²) in [5.41, 5.74) is 3.99. The molecule has 0 spiro atoms. The number of hydrogen-bond acceptors (Lipinski definition) is 6. The Kier molecular flexibility index (Phi) is 6.18. The summed E-state index contributed by atoms with van der Waals surface area (Å²) in [6.07, 6.45) is 5.25. The molecule has 3 aromatic rings. The second-order valence-electron chi connectivity index (χ2n) is 7.18. The molecule has 1 aliphatic heterocycles. The fourth-order valence-electron chi connectivity index (χ4n) is 3.61. The number of ketones is 1. The maximum absolute atomic E-state index is 13.8. The van der Waals surface area contributed by atoms with Crippen molar-refractivity contribution in [3.8, 4) is 5.75 Å². The quantitative estimate of drug-likeness (QED) is 0.563. The second kappa shape index (κ2) is 9.18. The van der Waals surface area contributed by atoms with Crippen LogP contribution in [0.15, 0.2) is 66.8 Å². The first-order valence-electron chi connectivity index (χ1n) is 9.89. The van der Waals surface area contributed by atoms with Gasteiger partial charge in [-0.25, -0.2) is 9.97 Å². The van der Waals surface area contributed by atoms with Gasteiger partial charge in [-0.15, -0.1) is 0 Å². The van der Waals surface area contributed by atoms with Gasteiger partial charge in [-0.2, -0.15) is 0 Å². The molecule has 2 aromatic carbocycles. The van der Waals surface area contributed by atoms with E-state index in [2.05, 4.69) is 15.3 Å². The summed E-state index contributed by atoms with van der Waals surface area (Å²) in [6.45, 7) is 2.48. The lowest BCUT2D eigenvalue weighted by molar-refractivity contribution is -0.116. The minimum absolute atomic E-state index is 0.0838. The Labute approximate surface area is 185 Å². The molecule has 0 saturated carbocycles. The summed E-state index contributed by atoms with van der Waals surface area (Å²) in [5.74, 6) is 1.08. The van der Waals surface area contributed by atoms with E-state index in [0.717, 1.165) is 11.1 Å². The van der Waals surface area contributed by atoms with Gasteiger partial charge in [0.15, 0.2) is 5.78 Å². The summed E-state index contributed by atoms with van der Waals surface area (Å²) in [6, 6.07) is 12.5. The molecule has 1 unspecified atom stereocenters. The summed E-state index contributed by atoms with van der Waals surface area (Å²) >= 11 is 6.15. The highest BCUT2D eigenvalue weighted by Crippen LogP contribution is 2.35.